The third-order valence-corrected chi connectivity index (χ3v) is 4.70. The highest BCUT2D eigenvalue weighted by atomic mass is 19.1. The van der Waals surface area contributed by atoms with E-state index in [1.54, 1.807) is 41.4 Å². The Labute approximate surface area is 154 Å². The quantitative estimate of drug-likeness (QED) is 0.769. The number of amides is 1. The molecule has 2 aromatic heterocycles. The molecule has 4 rings (SSSR count). The van der Waals surface area contributed by atoms with E-state index in [4.69, 9.17) is 0 Å². The minimum Gasteiger partial charge on any atom is -0.338 e. The predicted octanol–water partition coefficient (Wildman–Crippen LogP) is 2.11. The Hall–Kier alpha value is -3.29. The SMILES string of the molecule is O=C(c1ccccc1F)N1CCCC(c2nn(-c3ccccn3)c(=O)[nH]2)C1. The number of hydrogen-bond donors (Lipinski definition) is 1. The first-order valence-electron chi connectivity index (χ1n) is 8.78. The maximum atomic E-state index is 13.9. The molecular weight excluding hydrogens is 349 g/mol. The fourth-order valence-corrected chi connectivity index (χ4v) is 3.35. The Morgan fingerprint density at radius 2 is 2.00 bits per heavy atom. The van der Waals surface area contributed by atoms with Gasteiger partial charge >= 0.3 is 5.69 Å². The number of pyridine rings is 1. The van der Waals surface area contributed by atoms with Crippen molar-refractivity contribution in [3.8, 4) is 5.82 Å². The summed E-state index contributed by atoms with van der Waals surface area (Å²) in [5.41, 5.74) is -0.313. The van der Waals surface area contributed by atoms with Crippen LogP contribution in [0.5, 0.6) is 0 Å². The zero-order valence-electron chi connectivity index (χ0n) is 14.5. The van der Waals surface area contributed by atoms with E-state index in [-0.39, 0.29) is 23.1 Å². The van der Waals surface area contributed by atoms with E-state index < -0.39 is 5.82 Å². The number of nitrogens with zero attached hydrogens (tertiary/aromatic N) is 4. The van der Waals surface area contributed by atoms with E-state index in [0.717, 1.165) is 12.8 Å². The molecule has 7 nitrogen and oxygen atoms in total. The Bertz CT molecular complexity index is 1010. The van der Waals surface area contributed by atoms with Crippen LogP contribution in [0.2, 0.25) is 0 Å². The molecule has 0 bridgehead atoms. The fraction of sp³-hybridized carbons (Fsp3) is 0.263. The minimum absolute atomic E-state index is 0.0608. The van der Waals surface area contributed by atoms with Gasteiger partial charge in [0.15, 0.2) is 5.82 Å². The molecule has 3 heterocycles. The Morgan fingerprint density at radius 1 is 1.19 bits per heavy atom. The highest BCUT2D eigenvalue weighted by Gasteiger charge is 2.29. The number of benzene rings is 1. The van der Waals surface area contributed by atoms with Crippen molar-refractivity contribution >= 4 is 5.91 Å². The summed E-state index contributed by atoms with van der Waals surface area (Å²) in [4.78, 5) is 33.4. The lowest BCUT2D eigenvalue weighted by Crippen LogP contribution is -2.39. The third-order valence-electron chi connectivity index (χ3n) is 4.70. The number of H-pyrrole nitrogens is 1. The van der Waals surface area contributed by atoms with Gasteiger partial charge in [-0.3, -0.25) is 9.78 Å². The number of aromatic nitrogens is 4. The average Bonchev–Trinajstić information content (AvgIpc) is 3.10. The van der Waals surface area contributed by atoms with Gasteiger partial charge in [-0.2, -0.15) is 4.68 Å². The van der Waals surface area contributed by atoms with Gasteiger partial charge in [0.1, 0.15) is 11.6 Å². The van der Waals surface area contributed by atoms with Crippen LogP contribution in [0.4, 0.5) is 4.39 Å². The molecule has 0 spiro atoms. The molecule has 0 saturated carbocycles. The Balaban J connectivity index is 1.56. The molecule has 1 aliphatic heterocycles. The van der Waals surface area contributed by atoms with Crippen LogP contribution in [-0.2, 0) is 0 Å². The van der Waals surface area contributed by atoms with E-state index in [0.29, 0.717) is 24.7 Å². The average molecular weight is 367 g/mol. The van der Waals surface area contributed by atoms with Gasteiger partial charge in [-0.15, -0.1) is 5.10 Å². The number of piperidine rings is 1. The summed E-state index contributed by atoms with van der Waals surface area (Å²) in [6.07, 6.45) is 3.13. The first-order chi connectivity index (χ1) is 13.1. The molecule has 0 aliphatic carbocycles. The van der Waals surface area contributed by atoms with Crippen molar-refractivity contribution in [1.29, 1.82) is 0 Å². The summed E-state index contributed by atoms with van der Waals surface area (Å²) in [6, 6.07) is 11.2. The first-order valence-corrected chi connectivity index (χ1v) is 8.78. The molecule has 1 fully saturated rings. The third kappa shape index (κ3) is 3.38. The lowest BCUT2D eigenvalue weighted by Gasteiger charge is -2.31. The number of nitrogens with one attached hydrogen (secondary N) is 1. The monoisotopic (exact) mass is 367 g/mol. The number of carbonyl (C=O) groups is 1. The summed E-state index contributed by atoms with van der Waals surface area (Å²) in [7, 11) is 0. The molecular formula is C19H18FN5O2. The molecule has 1 saturated heterocycles. The second kappa shape index (κ2) is 7.14. The lowest BCUT2D eigenvalue weighted by molar-refractivity contribution is 0.0700. The van der Waals surface area contributed by atoms with Gasteiger partial charge in [0, 0.05) is 25.2 Å². The minimum atomic E-state index is -0.530. The van der Waals surface area contributed by atoms with Crippen molar-refractivity contribution in [2.45, 2.75) is 18.8 Å². The fourth-order valence-electron chi connectivity index (χ4n) is 3.35. The number of hydrogen-bond acceptors (Lipinski definition) is 4. The maximum Gasteiger partial charge on any atom is 0.349 e. The second-order valence-electron chi connectivity index (χ2n) is 6.49. The standard InChI is InChI=1S/C19H18FN5O2/c20-15-8-2-1-7-14(15)18(26)24-11-5-6-13(12-24)17-22-19(27)25(23-17)16-9-3-4-10-21-16/h1-4,7-10,13H,5-6,11-12H2,(H,22,23,27). The van der Waals surface area contributed by atoms with E-state index in [2.05, 4.69) is 15.1 Å². The molecule has 138 valence electrons. The summed E-state index contributed by atoms with van der Waals surface area (Å²) in [5.74, 6) is -0.0503. The first kappa shape index (κ1) is 17.1. The molecule has 1 amide bonds. The molecule has 8 heteroatoms. The Morgan fingerprint density at radius 3 is 2.78 bits per heavy atom. The van der Waals surface area contributed by atoms with Crippen LogP contribution < -0.4 is 5.69 Å². The molecule has 3 aromatic rings. The molecule has 1 aliphatic rings. The lowest BCUT2D eigenvalue weighted by atomic mass is 9.96. The van der Waals surface area contributed by atoms with E-state index in [9.17, 15) is 14.0 Å². The predicted molar refractivity (Wildman–Crippen MR) is 96.3 cm³/mol. The summed E-state index contributed by atoms with van der Waals surface area (Å²) in [5, 5.41) is 4.36. The van der Waals surface area contributed by atoms with Crippen LogP contribution in [0.1, 0.15) is 34.9 Å². The maximum absolute atomic E-state index is 13.9. The van der Waals surface area contributed by atoms with Gasteiger partial charge in [0.05, 0.1) is 5.56 Å². The van der Waals surface area contributed by atoms with Crippen molar-refractivity contribution in [3.63, 3.8) is 0 Å². The van der Waals surface area contributed by atoms with Crippen molar-refractivity contribution < 1.29 is 9.18 Å². The number of carbonyl (C=O) groups excluding carboxylic acids is 1. The summed E-state index contributed by atoms with van der Waals surface area (Å²) in [6.45, 7) is 0.928. The van der Waals surface area contributed by atoms with Crippen molar-refractivity contribution in [1.82, 2.24) is 24.6 Å². The van der Waals surface area contributed by atoms with Crippen molar-refractivity contribution in [3.05, 3.63) is 76.4 Å². The van der Waals surface area contributed by atoms with Gasteiger partial charge in [0.2, 0.25) is 0 Å². The van der Waals surface area contributed by atoms with Gasteiger partial charge in [-0.25, -0.2) is 14.2 Å². The van der Waals surface area contributed by atoms with Crippen molar-refractivity contribution in [2.24, 2.45) is 0 Å². The zero-order valence-corrected chi connectivity index (χ0v) is 14.5. The molecule has 0 radical (unpaired) electrons. The smallest absolute Gasteiger partial charge is 0.338 e. The van der Waals surface area contributed by atoms with Crippen LogP contribution in [0.25, 0.3) is 5.82 Å². The largest absolute Gasteiger partial charge is 0.349 e. The number of halogens is 1. The van der Waals surface area contributed by atoms with E-state index >= 15 is 0 Å². The summed E-state index contributed by atoms with van der Waals surface area (Å²) >= 11 is 0. The highest BCUT2D eigenvalue weighted by molar-refractivity contribution is 5.94. The summed E-state index contributed by atoms with van der Waals surface area (Å²) < 4.78 is 15.2. The molecule has 27 heavy (non-hydrogen) atoms. The van der Waals surface area contributed by atoms with Crippen LogP contribution in [0.3, 0.4) is 0 Å². The molecule has 1 atom stereocenters. The van der Waals surface area contributed by atoms with E-state index in [1.807, 2.05) is 0 Å². The number of likely N-dealkylation sites (tertiary alicyclic amines) is 1. The Kier molecular flexibility index (Phi) is 4.53. The normalized spacial score (nSPS) is 17.1. The molecule has 1 unspecified atom stereocenters. The van der Waals surface area contributed by atoms with Crippen molar-refractivity contribution in [2.75, 3.05) is 13.1 Å². The highest BCUT2D eigenvalue weighted by Crippen LogP contribution is 2.25. The van der Waals surface area contributed by atoms with E-state index in [1.165, 1.54) is 16.8 Å². The second-order valence-corrected chi connectivity index (χ2v) is 6.49. The van der Waals surface area contributed by atoms with Crippen LogP contribution in [-0.4, -0.2) is 43.6 Å². The zero-order chi connectivity index (χ0) is 18.8. The molecule has 1 aromatic carbocycles. The topological polar surface area (TPSA) is 83.9 Å². The van der Waals surface area contributed by atoms with Crippen LogP contribution >= 0.6 is 0 Å². The van der Waals surface area contributed by atoms with Crippen LogP contribution in [0.15, 0.2) is 53.5 Å². The number of rotatable bonds is 3. The van der Waals surface area contributed by atoms with Gasteiger partial charge < -0.3 is 4.90 Å². The molecule has 1 N–H and O–H groups in total. The van der Waals surface area contributed by atoms with Gasteiger partial charge in [-0.05, 0) is 37.1 Å². The van der Waals surface area contributed by atoms with Gasteiger partial charge in [0.25, 0.3) is 5.91 Å². The van der Waals surface area contributed by atoms with Crippen LogP contribution in [0, 0.1) is 5.82 Å². The number of aromatic amines is 1. The van der Waals surface area contributed by atoms with Gasteiger partial charge in [-0.1, -0.05) is 18.2 Å².